The number of H-pyrrole nitrogens is 1. The first-order valence-corrected chi connectivity index (χ1v) is 5.95. The lowest BCUT2D eigenvalue weighted by Crippen LogP contribution is -2.41. The van der Waals surface area contributed by atoms with Gasteiger partial charge in [-0.05, 0) is 0 Å². The molecule has 1 rings (SSSR count). The molecule has 0 saturated carbocycles. The highest BCUT2D eigenvalue weighted by molar-refractivity contribution is 7.88. The van der Waals surface area contributed by atoms with Crippen molar-refractivity contribution >= 4 is 16.0 Å². The Morgan fingerprint density at radius 3 is 2.80 bits per heavy atom. The van der Waals surface area contributed by atoms with E-state index in [4.69, 9.17) is 5.11 Å². The minimum atomic E-state index is -3.54. The molecule has 0 bridgehead atoms. The van der Waals surface area contributed by atoms with Crippen LogP contribution in [0.15, 0.2) is 12.5 Å². The van der Waals surface area contributed by atoms with Crippen molar-refractivity contribution in [3.63, 3.8) is 0 Å². The van der Waals surface area contributed by atoms with Gasteiger partial charge in [-0.2, -0.15) is 0 Å². The number of rotatable bonds is 5. The number of imidazole rings is 1. The summed E-state index contributed by atoms with van der Waals surface area (Å²) in [6.45, 7) is 0. The van der Waals surface area contributed by atoms with Crippen LogP contribution in [0, 0.1) is 0 Å². The van der Waals surface area contributed by atoms with Gasteiger partial charge >= 0.3 is 5.97 Å². The van der Waals surface area contributed by atoms with E-state index in [2.05, 4.69) is 9.97 Å². The second-order valence-electron chi connectivity index (χ2n) is 3.06. The molecule has 1 aromatic heterocycles. The molecular formula is C7H11N3O4S. The average Bonchev–Trinajstić information content (AvgIpc) is 2.52. The number of carboxylic acids is 1. The van der Waals surface area contributed by atoms with E-state index < -0.39 is 22.0 Å². The van der Waals surface area contributed by atoms with Crippen LogP contribution in [-0.4, -0.2) is 41.8 Å². The number of hydrogen-bond acceptors (Lipinski definition) is 4. The molecule has 0 aliphatic carbocycles. The van der Waals surface area contributed by atoms with E-state index in [0.29, 0.717) is 5.69 Å². The third-order valence-electron chi connectivity index (χ3n) is 1.63. The van der Waals surface area contributed by atoms with Crippen molar-refractivity contribution in [1.29, 1.82) is 0 Å². The molecular weight excluding hydrogens is 222 g/mol. The Hall–Kier alpha value is -1.41. The molecule has 1 unspecified atom stereocenters. The number of aromatic nitrogens is 2. The molecule has 0 fully saturated rings. The Bertz CT molecular complexity index is 425. The Morgan fingerprint density at radius 1 is 1.73 bits per heavy atom. The summed E-state index contributed by atoms with van der Waals surface area (Å²) < 4.78 is 23.8. The molecule has 0 saturated heterocycles. The summed E-state index contributed by atoms with van der Waals surface area (Å²) >= 11 is 0. The minimum absolute atomic E-state index is 0.0302. The van der Waals surface area contributed by atoms with Crippen LogP contribution in [0.3, 0.4) is 0 Å². The zero-order chi connectivity index (χ0) is 11.5. The van der Waals surface area contributed by atoms with Crippen molar-refractivity contribution < 1.29 is 18.3 Å². The van der Waals surface area contributed by atoms with Crippen LogP contribution >= 0.6 is 0 Å². The maximum Gasteiger partial charge on any atom is 0.322 e. The maximum atomic E-state index is 10.9. The van der Waals surface area contributed by atoms with Crippen LogP contribution < -0.4 is 4.72 Å². The van der Waals surface area contributed by atoms with Gasteiger partial charge in [0.1, 0.15) is 6.04 Å². The van der Waals surface area contributed by atoms with Gasteiger partial charge in [0.15, 0.2) is 0 Å². The van der Waals surface area contributed by atoms with Gasteiger partial charge in [0, 0.05) is 18.3 Å². The molecule has 84 valence electrons. The van der Waals surface area contributed by atoms with Gasteiger partial charge in [0.25, 0.3) is 0 Å². The summed E-state index contributed by atoms with van der Waals surface area (Å²) in [5.74, 6) is -1.23. The summed E-state index contributed by atoms with van der Waals surface area (Å²) in [6.07, 6.45) is 3.78. The Labute approximate surface area is 86.6 Å². The molecule has 8 heteroatoms. The molecule has 1 atom stereocenters. The second kappa shape index (κ2) is 4.41. The number of carboxylic acid groups (broad SMARTS) is 1. The van der Waals surface area contributed by atoms with E-state index >= 15 is 0 Å². The first-order chi connectivity index (χ1) is 6.88. The smallest absolute Gasteiger partial charge is 0.322 e. The lowest BCUT2D eigenvalue weighted by atomic mass is 10.2. The lowest BCUT2D eigenvalue weighted by Gasteiger charge is -2.11. The molecule has 3 N–H and O–H groups in total. The standard InChI is InChI=1S/C7H11N3O4S/c1-15(13,14)10-6(7(11)12)2-5-3-8-4-9-5/h3-4,6,10H,2H2,1H3,(H,8,9)(H,11,12). The quantitative estimate of drug-likeness (QED) is 0.601. The van der Waals surface area contributed by atoms with E-state index in [9.17, 15) is 13.2 Å². The third-order valence-corrected chi connectivity index (χ3v) is 2.35. The van der Waals surface area contributed by atoms with Crippen LogP contribution in [0.25, 0.3) is 0 Å². The third kappa shape index (κ3) is 4.09. The van der Waals surface area contributed by atoms with Gasteiger partial charge in [-0.15, -0.1) is 0 Å². The van der Waals surface area contributed by atoms with Gasteiger partial charge in [0.2, 0.25) is 10.0 Å². The SMILES string of the molecule is CS(=O)(=O)NC(Cc1cnc[nH]1)C(=O)O. The van der Waals surface area contributed by atoms with Gasteiger partial charge < -0.3 is 10.1 Å². The van der Waals surface area contributed by atoms with Crippen molar-refractivity contribution in [2.75, 3.05) is 6.26 Å². The number of aliphatic carboxylic acids is 1. The number of sulfonamides is 1. The average molecular weight is 233 g/mol. The zero-order valence-corrected chi connectivity index (χ0v) is 8.78. The summed E-state index contributed by atoms with van der Waals surface area (Å²) in [5, 5.41) is 8.77. The number of nitrogens with zero attached hydrogens (tertiary/aromatic N) is 1. The first-order valence-electron chi connectivity index (χ1n) is 4.06. The predicted octanol–water partition coefficient (Wildman–Crippen LogP) is -1.05. The molecule has 7 nitrogen and oxygen atoms in total. The molecule has 0 aromatic carbocycles. The van der Waals surface area contributed by atoms with Crippen LogP contribution in [0.5, 0.6) is 0 Å². The van der Waals surface area contributed by atoms with Crippen LogP contribution in [0.4, 0.5) is 0 Å². The Balaban J connectivity index is 2.72. The normalized spacial score (nSPS) is 13.7. The van der Waals surface area contributed by atoms with Gasteiger partial charge in [0.05, 0.1) is 12.6 Å². The highest BCUT2D eigenvalue weighted by Gasteiger charge is 2.22. The van der Waals surface area contributed by atoms with Crippen molar-refractivity contribution in [2.24, 2.45) is 0 Å². The van der Waals surface area contributed by atoms with Crippen molar-refractivity contribution in [3.8, 4) is 0 Å². The van der Waals surface area contributed by atoms with Crippen LogP contribution in [-0.2, 0) is 21.2 Å². The highest BCUT2D eigenvalue weighted by Crippen LogP contribution is 1.99. The molecule has 0 amide bonds. The Morgan fingerprint density at radius 2 is 2.40 bits per heavy atom. The van der Waals surface area contributed by atoms with E-state index in [1.807, 2.05) is 4.72 Å². The minimum Gasteiger partial charge on any atom is -0.480 e. The monoisotopic (exact) mass is 233 g/mol. The molecule has 0 aliphatic heterocycles. The highest BCUT2D eigenvalue weighted by atomic mass is 32.2. The second-order valence-corrected chi connectivity index (χ2v) is 4.84. The van der Waals surface area contributed by atoms with E-state index in [-0.39, 0.29) is 6.42 Å². The summed E-state index contributed by atoms with van der Waals surface area (Å²) in [4.78, 5) is 17.1. The lowest BCUT2D eigenvalue weighted by molar-refractivity contribution is -0.138. The van der Waals surface area contributed by atoms with Gasteiger partial charge in [-0.25, -0.2) is 18.1 Å². The zero-order valence-electron chi connectivity index (χ0n) is 7.97. The van der Waals surface area contributed by atoms with Gasteiger partial charge in [-0.1, -0.05) is 0 Å². The van der Waals surface area contributed by atoms with E-state index in [0.717, 1.165) is 6.26 Å². The number of nitrogens with one attached hydrogen (secondary N) is 2. The van der Waals surface area contributed by atoms with Gasteiger partial charge in [-0.3, -0.25) is 4.79 Å². The number of aromatic amines is 1. The molecule has 0 aliphatic rings. The fourth-order valence-electron chi connectivity index (χ4n) is 1.05. The molecule has 0 spiro atoms. The molecule has 1 aromatic rings. The fourth-order valence-corrected chi connectivity index (χ4v) is 1.76. The number of carbonyl (C=O) groups is 1. The summed E-state index contributed by atoms with van der Waals surface area (Å²) in [5.41, 5.74) is 0.554. The van der Waals surface area contributed by atoms with E-state index in [1.165, 1.54) is 12.5 Å². The Kier molecular flexibility index (Phi) is 3.43. The summed E-state index contributed by atoms with van der Waals surface area (Å²) in [6, 6.07) is -1.18. The van der Waals surface area contributed by atoms with E-state index in [1.54, 1.807) is 0 Å². The van der Waals surface area contributed by atoms with Crippen molar-refractivity contribution in [3.05, 3.63) is 18.2 Å². The fraction of sp³-hybridized carbons (Fsp3) is 0.429. The molecule has 15 heavy (non-hydrogen) atoms. The topological polar surface area (TPSA) is 112 Å². The van der Waals surface area contributed by atoms with Crippen molar-refractivity contribution in [2.45, 2.75) is 12.5 Å². The molecule has 0 radical (unpaired) electrons. The largest absolute Gasteiger partial charge is 0.480 e. The van der Waals surface area contributed by atoms with Crippen LogP contribution in [0.2, 0.25) is 0 Å². The molecule has 1 heterocycles. The van der Waals surface area contributed by atoms with Crippen LogP contribution in [0.1, 0.15) is 5.69 Å². The predicted molar refractivity (Wildman–Crippen MR) is 51.7 cm³/mol. The number of hydrogen-bond donors (Lipinski definition) is 3. The maximum absolute atomic E-state index is 10.9. The van der Waals surface area contributed by atoms with Crippen molar-refractivity contribution in [1.82, 2.24) is 14.7 Å². The summed E-state index contributed by atoms with van der Waals surface area (Å²) in [7, 11) is -3.54. The first kappa shape index (κ1) is 11.7.